The van der Waals surface area contributed by atoms with Crippen molar-refractivity contribution in [3.05, 3.63) is 65.7 Å². The van der Waals surface area contributed by atoms with Gasteiger partial charge in [0.1, 0.15) is 6.04 Å². The molecule has 0 saturated carbocycles. The molecule has 0 aliphatic carbocycles. The molecule has 0 spiro atoms. The summed E-state index contributed by atoms with van der Waals surface area (Å²) >= 11 is 0. The summed E-state index contributed by atoms with van der Waals surface area (Å²) in [6, 6.07) is 16.6. The number of anilines is 1. The van der Waals surface area contributed by atoms with Gasteiger partial charge in [0.15, 0.2) is 0 Å². The molecule has 5 nitrogen and oxygen atoms in total. The van der Waals surface area contributed by atoms with Crippen LogP contribution >= 0.6 is 0 Å². The van der Waals surface area contributed by atoms with Gasteiger partial charge in [0.2, 0.25) is 5.91 Å². The van der Waals surface area contributed by atoms with E-state index in [9.17, 15) is 9.59 Å². The van der Waals surface area contributed by atoms with E-state index in [4.69, 9.17) is 0 Å². The summed E-state index contributed by atoms with van der Waals surface area (Å²) in [5, 5.41) is 5.54. The van der Waals surface area contributed by atoms with Crippen LogP contribution in [0.25, 0.3) is 0 Å². The molecule has 0 aromatic heterocycles. The second-order valence-electron chi connectivity index (χ2n) is 5.48. The number of para-hydroxylation sites is 1. The van der Waals surface area contributed by atoms with E-state index in [0.717, 1.165) is 16.8 Å². The minimum absolute atomic E-state index is 0.156. The van der Waals surface area contributed by atoms with Gasteiger partial charge in [-0.25, -0.2) is 4.79 Å². The Morgan fingerprint density at radius 1 is 1.09 bits per heavy atom. The highest BCUT2D eigenvalue weighted by Gasteiger charge is 2.37. The summed E-state index contributed by atoms with van der Waals surface area (Å²) in [4.78, 5) is 26.3. The number of benzene rings is 2. The summed E-state index contributed by atoms with van der Waals surface area (Å²) in [6.07, 6.45) is 0.536. The molecule has 3 rings (SSSR count). The maximum absolute atomic E-state index is 12.6. The normalized spacial score (nSPS) is 15.9. The van der Waals surface area contributed by atoms with Crippen molar-refractivity contribution in [3.8, 4) is 0 Å². The molecule has 1 heterocycles. The maximum Gasteiger partial charge on any atom is 0.322 e. The van der Waals surface area contributed by atoms with Gasteiger partial charge in [-0.3, -0.25) is 9.69 Å². The topological polar surface area (TPSA) is 61.4 Å². The number of rotatable bonds is 3. The van der Waals surface area contributed by atoms with E-state index >= 15 is 0 Å². The molecule has 23 heavy (non-hydrogen) atoms. The van der Waals surface area contributed by atoms with Gasteiger partial charge in [-0.2, -0.15) is 0 Å². The molecule has 2 aromatic rings. The first-order valence-corrected chi connectivity index (χ1v) is 7.61. The largest absolute Gasteiger partial charge is 0.357 e. The Morgan fingerprint density at radius 2 is 1.78 bits per heavy atom. The predicted octanol–water partition coefficient (Wildman–Crippen LogP) is 2.07. The SMILES string of the molecule is CNC(=O)C1Cc2ccccc2N1C(=O)NCc1ccccc1. The second kappa shape index (κ2) is 6.52. The first-order chi connectivity index (χ1) is 11.2. The summed E-state index contributed by atoms with van der Waals surface area (Å²) in [7, 11) is 1.59. The average molecular weight is 309 g/mol. The van der Waals surface area contributed by atoms with Gasteiger partial charge in [-0.1, -0.05) is 48.5 Å². The number of carbonyl (C=O) groups is 2. The van der Waals surface area contributed by atoms with Crippen molar-refractivity contribution in [3.63, 3.8) is 0 Å². The molecule has 3 amide bonds. The Hall–Kier alpha value is -2.82. The Labute approximate surface area is 135 Å². The summed E-state index contributed by atoms with van der Waals surface area (Å²) in [6.45, 7) is 0.429. The first kappa shape index (κ1) is 15.1. The number of urea groups is 1. The van der Waals surface area contributed by atoms with Crippen molar-refractivity contribution in [2.24, 2.45) is 0 Å². The number of fused-ring (bicyclic) bond motifs is 1. The third-order valence-electron chi connectivity index (χ3n) is 4.03. The maximum atomic E-state index is 12.6. The van der Waals surface area contributed by atoms with Crippen molar-refractivity contribution >= 4 is 17.6 Å². The lowest BCUT2D eigenvalue weighted by Crippen LogP contribution is -2.50. The zero-order valence-corrected chi connectivity index (χ0v) is 13.0. The minimum Gasteiger partial charge on any atom is -0.357 e. The molecule has 5 heteroatoms. The van der Waals surface area contributed by atoms with Gasteiger partial charge in [0.25, 0.3) is 0 Å². The lowest BCUT2D eigenvalue weighted by Gasteiger charge is -2.24. The van der Waals surface area contributed by atoms with E-state index in [0.29, 0.717) is 13.0 Å². The average Bonchev–Trinajstić information content (AvgIpc) is 2.99. The van der Waals surface area contributed by atoms with Crippen LogP contribution in [0.1, 0.15) is 11.1 Å². The van der Waals surface area contributed by atoms with Crippen molar-refractivity contribution in [1.82, 2.24) is 10.6 Å². The van der Waals surface area contributed by atoms with E-state index in [2.05, 4.69) is 10.6 Å². The van der Waals surface area contributed by atoms with Gasteiger partial charge >= 0.3 is 6.03 Å². The summed E-state index contributed by atoms with van der Waals surface area (Å²) in [5.41, 5.74) is 2.83. The molecule has 0 bridgehead atoms. The van der Waals surface area contributed by atoms with E-state index in [1.54, 1.807) is 11.9 Å². The lowest BCUT2D eigenvalue weighted by molar-refractivity contribution is -0.121. The van der Waals surface area contributed by atoms with Crippen molar-refractivity contribution in [2.75, 3.05) is 11.9 Å². The molecule has 118 valence electrons. The molecule has 2 aromatic carbocycles. The van der Waals surface area contributed by atoms with Crippen LogP contribution in [0, 0.1) is 0 Å². The Bertz CT molecular complexity index is 715. The zero-order chi connectivity index (χ0) is 16.2. The predicted molar refractivity (Wildman–Crippen MR) is 89.2 cm³/mol. The van der Waals surface area contributed by atoms with Crippen LogP contribution in [0.4, 0.5) is 10.5 Å². The summed E-state index contributed by atoms with van der Waals surface area (Å²) in [5.74, 6) is -0.156. The lowest BCUT2D eigenvalue weighted by atomic mass is 10.1. The quantitative estimate of drug-likeness (QED) is 0.912. The van der Waals surface area contributed by atoms with Crippen LogP contribution in [0.2, 0.25) is 0 Å². The van der Waals surface area contributed by atoms with Crippen LogP contribution in [0.3, 0.4) is 0 Å². The third-order valence-corrected chi connectivity index (χ3v) is 4.03. The third kappa shape index (κ3) is 3.04. The van der Waals surface area contributed by atoms with E-state index < -0.39 is 6.04 Å². The van der Waals surface area contributed by atoms with Gasteiger partial charge in [0.05, 0.1) is 0 Å². The smallest absolute Gasteiger partial charge is 0.322 e. The Morgan fingerprint density at radius 3 is 2.52 bits per heavy atom. The molecular weight excluding hydrogens is 290 g/mol. The molecule has 2 N–H and O–H groups in total. The molecule has 1 atom stereocenters. The van der Waals surface area contributed by atoms with E-state index in [1.165, 1.54) is 0 Å². The van der Waals surface area contributed by atoms with Crippen molar-refractivity contribution in [2.45, 2.75) is 19.0 Å². The van der Waals surface area contributed by atoms with Gasteiger partial charge in [-0.05, 0) is 17.2 Å². The molecule has 0 radical (unpaired) electrons. The van der Waals surface area contributed by atoms with E-state index in [1.807, 2.05) is 54.6 Å². The number of likely N-dealkylation sites (N-methyl/N-ethyl adjacent to an activating group) is 1. The fraction of sp³-hybridized carbons (Fsp3) is 0.222. The summed E-state index contributed by atoms with van der Waals surface area (Å²) < 4.78 is 0. The molecule has 0 saturated heterocycles. The van der Waals surface area contributed by atoms with Gasteiger partial charge < -0.3 is 10.6 Å². The number of carbonyl (C=O) groups excluding carboxylic acids is 2. The number of amides is 3. The molecule has 1 aliphatic rings. The number of hydrogen-bond acceptors (Lipinski definition) is 2. The zero-order valence-electron chi connectivity index (χ0n) is 13.0. The molecule has 1 unspecified atom stereocenters. The molecular formula is C18H19N3O2. The second-order valence-corrected chi connectivity index (χ2v) is 5.48. The fourth-order valence-electron chi connectivity index (χ4n) is 2.87. The number of nitrogens with one attached hydrogen (secondary N) is 2. The Kier molecular flexibility index (Phi) is 4.28. The van der Waals surface area contributed by atoms with Crippen molar-refractivity contribution in [1.29, 1.82) is 0 Å². The highest BCUT2D eigenvalue weighted by atomic mass is 16.2. The molecule has 0 fully saturated rings. The Balaban J connectivity index is 1.79. The minimum atomic E-state index is -0.506. The van der Waals surface area contributed by atoms with Gasteiger partial charge in [-0.15, -0.1) is 0 Å². The number of hydrogen-bond donors (Lipinski definition) is 2. The van der Waals surface area contributed by atoms with Crippen LogP contribution in [0.5, 0.6) is 0 Å². The van der Waals surface area contributed by atoms with Gasteiger partial charge in [0, 0.05) is 25.7 Å². The molecule has 1 aliphatic heterocycles. The number of nitrogens with zero attached hydrogens (tertiary/aromatic N) is 1. The van der Waals surface area contributed by atoms with Crippen LogP contribution in [-0.2, 0) is 17.8 Å². The standard InChI is InChI=1S/C18H19N3O2/c1-19-17(22)16-11-14-9-5-6-10-15(14)21(16)18(23)20-12-13-7-3-2-4-8-13/h2-10,16H,11-12H2,1H3,(H,19,22)(H,20,23). The first-order valence-electron chi connectivity index (χ1n) is 7.61. The highest BCUT2D eigenvalue weighted by Crippen LogP contribution is 2.32. The van der Waals surface area contributed by atoms with E-state index in [-0.39, 0.29) is 11.9 Å². The van der Waals surface area contributed by atoms with Crippen LogP contribution < -0.4 is 15.5 Å². The van der Waals surface area contributed by atoms with Crippen LogP contribution in [0.15, 0.2) is 54.6 Å². The highest BCUT2D eigenvalue weighted by molar-refractivity contribution is 6.02. The fourth-order valence-corrected chi connectivity index (χ4v) is 2.87. The van der Waals surface area contributed by atoms with Crippen LogP contribution in [-0.4, -0.2) is 25.0 Å². The van der Waals surface area contributed by atoms with Crippen molar-refractivity contribution < 1.29 is 9.59 Å². The monoisotopic (exact) mass is 309 g/mol.